The van der Waals surface area contributed by atoms with Crippen LogP contribution in [0.4, 0.5) is 10.7 Å². The monoisotopic (exact) mass is 459 g/mol. The molecule has 0 radical (unpaired) electrons. The standard InChI is InChI=1S/C24H25N7O3/c1-33-20-11-9-19(10-12-20)31-22-21(29-30-31)14-25-23(28-22)26-17-7-8-18(13-17)27-24(32)34-15-16-5-3-2-4-6-16/h2-6,9-12,14,17-18H,7-8,13,15H2,1H3,(H,27,32)(H,25,26,28)/t17-,18+/m0/s1. The van der Waals surface area contributed by atoms with Crippen molar-refractivity contribution in [3.8, 4) is 11.4 Å². The molecule has 1 aliphatic carbocycles. The number of anilines is 1. The molecule has 0 spiro atoms. The molecule has 2 heterocycles. The van der Waals surface area contributed by atoms with Gasteiger partial charge >= 0.3 is 6.09 Å². The Balaban J connectivity index is 1.19. The Hall–Kier alpha value is -4.21. The van der Waals surface area contributed by atoms with Gasteiger partial charge in [-0.3, -0.25) is 0 Å². The van der Waals surface area contributed by atoms with Crippen molar-refractivity contribution < 1.29 is 14.3 Å². The predicted octanol–water partition coefficient (Wildman–Crippen LogP) is 3.48. The zero-order valence-corrected chi connectivity index (χ0v) is 18.7. The molecule has 1 amide bonds. The lowest BCUT2D eigenvalue weighted by atomic mass is 10.2. The normalized spacial score (nSPS) is 17.4. The molecule has 0 aliphatic heterocycles. The molecule has 0 unspecified atom stereocenters. The smallest absolute Gasteiger partial charge is 0.407 e. The lowest BCUT2D eigenvalue weighted by Crippen LogP contribution is -2.34. The molecule has 174 valence electrons. The third-order valence-corrected chi connectivity index (χ3v) is 5.81. The summed E-state index contributed by atoms with van der Waals surface area (Å²) in [7, 11) is 1.63. The molecule has 2 atom stereocenters. The van der Waals surface area contributed by atoms with E-state index in [0.717, 1.165) is 36.3 Å². The highest BCUT2D eigenvalue weighted by Gasteiger charge is 2.27. The summed E-state index contributed by atoms with van der Waals surface area (Å²) < 4.78 is 12.2. The number of benzene rings is 2. The number of rotatable bonds is 7. The van der Waals surface area contributed by atoms with Crippen LogP contribution in [0.5, 0.6) is 5.75 Å². The largest absolute Gasteiger partial charge is 0.497 e. The SMILES string of the molecule is COc1ccc(-n2nnc3cnc(N[C@H]4CC[C@@H](NC(=O)OCc5ccccc5)C4)nc32)cc1. The van der Waals surface area contributed by atoms with E-state index in [2.05, 4.69) is 30.9 Å². The molecule has 1 fully saturated rings. The van der Waals surface area contributed by atoms with Crippen molar-refractivity contribution in [3.63, 3.8) is 0 Å². The first-order chi connectivity index (χ1) is 16.7. The average Bonchev–Trinajstić information content (AvgIpc) is 3.50. The maximum absolute atomic E-state index is 12.2. The number of hydrogen-bond donors (Lipinski definition) is 2. The van der Waals surface area contributed by atoms with Gasteiger partial charge in [-0.2, -0.15) is 9.67 Å². The number of carbonyl (C=O) groups excluding carboxylic acids is 1. The maximum atomic E-state index is 12.2. The van der Waals surface area contributed by atoms with E-state index < -0.39 is 6.09 Å². The van der Waals surface area contributed by atoms with Crippen LogP contribution < -0.4 is 15.4 Å². The van der Waals surface area contributed by atoms with E-state index >= 15 is 0 Å². The third kappa shape index (κ3) is 4.90. The number of nitrogens with one attached hydrogen (secondary N) is 2. The minimum Gasteiger partial charge on any atom is -0.497 e. The van der Waals surface area contributed by atoms with E-state index in [4.69, 9.17) is 9.47 Å². The molecule has 2 aromatic carbocycles. The second-order valence-corrected chi connectivity index (χ2v) is 8.16. The van der Waals surface area contributed by atoms with Crippen LogP contribution in [-0.2, 0) is 11.3 Å². The molecule has 0 bridgehead atoms. The molecule has 1 saturated carbocycles. The van der Waals surface area contributed by atoms with Gasteiger partial charge in [0, 0.05) is 12.1 Å². The number of hydrogen-bond acceptors (Lipinski definition) is 8. The average molecular weight is 460 g/mol. The van der Waals surface area contributed by atoms with Crippen LogP contribution in [0.3, 0.4) is 0 Å². The van der Waals surface area contributed by atoms with Gasteiger partial charge in [0.2, 0.25) is 5.95 Å². The minimum absolute atomic E-state index is 0.0380. The molecule has 0 saturated heterocycles. The highest BCUT2D eigenvalue weighted by atomic mass is 16.5. The summed E-state index contributed by atoms with van der Waals surface area (Å²) in [6.07, 6.45) is 3.76. The van der Waals surface area contributed by atoms with Crippen molar-refractivity contribution in [1.82, 2.24) is 30.3 Å². The first kappa shape index (κ1) is 21.6. The summed E-state index contributed by atoms with van der Waals surface area (Å²) in [5.41, 5.74) is 3.00. The van der Waals surface area contributed by atoms with Gasteiger partial charge < -0.3 is 20.1 Å². The van der Waals surface area contributed by atoms with Crippen LogP contribution >= 0.6 is 0 Å². The van der Waals surface area contributed by atoms with Gasteiger partial charge in [-0.05, 0) is 49.1 Å². The molecular weight excluding hydrogens is 434 g/mol. The van der Waals surface area contributed by atoms with Gasteiger partial charge in [0.25, 0.3) is 0 Å². The van der Waals surface area contributed by atoms with Gasteiger partial charge in [-0.1, -0.05) is 35.5 Å². The first-order valence-electron chi connectivity index (χ1n) is 11.1. The van der Waals surface area contributed by atoms with E-state index in [1.165, 1.54) is 0 Å². The minimum atomic E-state index is -0.401. The van der Waals surface area contributed by atoms with Gasteiger partial charge in [0.1, 0.15) is 12.4 Å². The fourth-order valence-corrected chi connectivity index (χ4v) is 4.05. The van der Waals surface area contributed by atoms with E-state index in [-0.39, 0.29) is 18.7 Å². The summed E-state index contributed by atoms with van der Waals surface area (Å²) in [4.78, 5) is 21.2. The number of ether oxygens (including phenoxy) is 2. The van der Waals surface area contributed by atoms with Crippen LogP contribution in [0, 0.1) is 0 Å². The third-order valence-electron chi connectivity index (χ3n) is 5.81. The first-order valence-corrected chi connectivity index (χ1v) is 11.1. The molecular formula is C24H25N7O3. The van der Waals surface area contributed by atoms with E-state index in [9.17, 15) is 4.79 Å². The van der Waals surface area contributed by atoms with E-state index in [0.29, 0.717) is 17.1 Å². The highest BCUT2D eigenvalue weighted by molar-refractivity contribution is 5.72. The Morgan fingerprint density at radius 3 is 2.68 bits per heavy atom. The number of carbonyl (C=O) groups is 1. The molecule has 4 aromatic rings. The number of methoxy groups -OCH3 is 1. The Bertz CT molecular complexity index is 1260. The van der Waals surface area contributed by atoms with Crippen molar-refractivity contribution in [2.24, 2.45) is 0 Å². The summed E-state index contributed by atoms with van der Waals surface area (Å²) in [6, 6.07) is 17.3. The lowest BCUT2D eigenvalue weighted by molar-refractivity contribution is 0.136. The summed E-state index contributed by atoms with van der Waals surface area (Å²) in [5.74, 6) is 1.26. The van der Waals surface area contributed by atoms with Gasteiger partial charge in [0.05, 0.1) is 19.0 Å². The van der Waals surface area contributed by atoms with Crippen molar-refractivity contribution >= 4 is 23.2 Å². The van der Waals surface area contributed by atoms with Crippen LogP contribution in [0.15, 0.2) is 60.8 Å². The Kier molecular flexibility index (Phi) is 6.19. The summed E-state index contributed by atoms with van der Waals surface area (Å²) in [6.45, 7) is 0.255. The number of amides is 1. The maximum Gasteiger partial charge on any atom is 0.407 e. The van der Waals surface area contributed by atoms with Crippen molar-refractivity contribution in [2.75, 3.05) is 12.4 Å². The molecule has 10 heteroatoms. The molecule has 10 nitrogen and oxygen atoms in total. The zero-order chi connectivity index (χ0) is 23.3. The van der Waals surface area contributed by atoms with Crippen LogP contribution in [0.1, 0.15) is 24.8 Å². The summed E-state index contributed by atoms with van der Waals surface area (Å²) in [5, 5.41) is 14.7. The van der Waals surface area contributed by atoms with Crippen molar-refractivity contribution in [1.29, 1.82) is 0 Å². The molecule has 2 aromatic heterocycles. The highest BCUT2D eigenvalue weighted by Crippen LogP contribution is 2.23. The number of nitrogens with zero attached hydrogens (tertiary/aromatic N) is 5. The molecule has 1 aliphatic rings. The van der Waals surface area contributed by atoms with Crippen molar-refractivity contribution in [3.05, 3.63) is 66.4 Å². The summed E-state index contributed by atoms with van der Waals surface area (Å²) >= 11 is 0. The van der Waals surface area contributed by atoms with Crippen LogP contribution in [0.2, 0.25) is 0 Å². The second-order valence-electron chi connectivity index (χ2n) is 8.16. The second kappa shape index (κ2) is 9.74. The lowest BCUT2D eigenvalue weighted by Gasteiger charge is -2.15. The van der Waals surface area contributed by atoms with E-state index in [1.807, 2.05) is 54.6 Å². The van der Waals surface area contributed by atoms with Crippen LogP contribution in [0.25, 0.3) is 16.9 Å². The Labute approximate surface area is 196 Å². The molecule has 5 rings (SSSR count). The number of fused-ring (bicyclic) bond motifs is 1. The van der Waals surface area contributed by atoms with Gasteiger partial charge in [-0.25, -0.2) is 9.78 Å². The number of alkyl carbamates (subject to hydrolysis) is 1. The van der Waals surface area contributed by atoms with Gasteiger partial charge in [0.15, 0.2) is 11.2 Å². The number of aromatic nitrogens is 5. The molecule has 2 N–H and O–H groups in total. The topological polar surface area (TPSA) is 116 Å². The quantitative estimate of drug-likeness (QED) is 0.432. The Morgan fingerprint density at radius 1 is 1.09 bits per heavy atom. The molecule has 34 heavy (non-hydrogen) atoms. The fraction of sp³-hybridized carbons (Fsp3) is 0.292. The predicted molar refractivity (Wildman–Crippen MR) is 126 cm³/mol. The zero-order valence-electron chi connectivity index (χ0n) is 18.7. The van der Waals surface area contributed by atoms with Crippen molar-refractivity contribution in [2.45, 2.75) is 38.0 Å². The van der Waals surface area contributed by atoms with E-state index in [1.54, 1.807) is 18.0 Å². The Morgan fingerprint density at radius 2 is 1.88 bits per heavy atom. The fourth-order valence-electron chi connectivity index (χ4n) is 4.05. The van der Waals surface area contributed by atoms with Crippen LogP contribution in [-0.4, -0.2) is 50.2 Å². The van der Waals surface area contributed by atoms with Gasteiger partial charge in [-0.15, -0.1) is 5.10 Å².